The maximum Gasteiger partial charge on any atom is 0.243 e. The molecule has 110 valence electrons. The van der Waals surface area contributed by atoms with Crippen molar-refractivity contribution in [2.45, 2.75) is 11.4 Å². The van der Waals surface area contributed by atoms with Gasteiger partial charge in [-0.2, -0.15) is 4.31 Å². The Bertz CT molecular complexity index is 741. The van der Waals surface area contributed by atoms with Crippen molar-refractivity contribution in [3.63, 3.8) is 0 Å². The van der Waals surface area contributed by atoms with Crippen LogP contribution in [0, 0.1) is 11.8 Å². The van der Waals surface area contributed by atoms with Crippen molar-refractivity contribution in [2.24, 2.45) is 0 Å². The molecular formula is C14H15N3O3S. The Morgan fingerprint density at radius 2 is 2.05 bits per heavy atom. The molecule has 0 amide bonds. The van der Waals surface area contributed by atoms with Crippen LogP contribution in [0.4, 0.5) is 0 Å². The van der Waals surface area contributed by atoms with Gasteiger partial charge < -0.3 is 10.1 Å². The third-order valence-electron chi connectivity index (χ3n) is 2.80. The van der Waals surface area contributed by atoms with Gasteiger partial charge in [-0.05, 0) is 24.3 Å². The first kappa shape index (κ1) is 15.3. The highest BCUT2D eigenvalue weighted by Crippen LogP contribution is 2.16. The van der Waals surface area contributed by atoms with E-state index in [9.17, 15) is 8.42 Å². The Labute approximate surface area is 123 Å². The number of benzene rings is 1. The number of hydrogen-bond donors (Lipinski definition) is 2. The molecule has 0 unspecified atom stereocenters. The average Bonchev–Trinajstić information content (AvgIpc) is 2.98. The number of nitrogens with zero attached hydrogens (tertiary/aromatic N) is 2. The van der Waals surface area contributed by atoms with Gasteiger partial charge >= 0.3 is 0 Å². The molecular weight excluding hydrogens is 290 g/mol. The maximum absolute atomic E-state index is 12.4. The van der Waals surface area contributed by atoms with E-state index >= 15 is 0 Å². The summed E-state index contributed by atoms with van der Waals surface area (Å²) in [6, 6.07) is 6.21. The van der Waals surface area contributed by atoms with Crippen LogP contribution in [0.1, 0.15) is 11.4 Å². The molecule has 2 N–H and O–H groups in total. The first-order chi connectivity index (χ1) is 10.0. The van der Waals surface area contributed by atoms with E-state index in [0.717, 1.165) is 0 Å². The summed E-state index contributed by atoms with van der Waals surface area (Å²) in [6.45, 7) is -0.0622. The smallest absolute Gasteiger partial charge is 0.243 e. The number of H-pyrrole nitrogens is 1. The highest BCUT2D eigenvalue weighted by Gasteiger charge is 2.21. The Hall–Kier alpha value is -2.14. The van der Waals surface area contributed by atoms with Crippen LogP contribution < -0.4 is 0 Å². The van der Waals surface area contributed by atoms with E-state index in [1.54, 1.807) is 24.5 Å². The van der Waals surface area contributed by atoms with Crippen LogP contribution >= 0.6 is 0 Å². The first-order valence-electron chi connectivity index (χ1n) is 6.18. The van der Waals surface area contributed by atoms with Crippen molar-refractivity contribution in [2.75, 3.05) is 13.7 Å². The number of rotatable bonds is 4. The number of sulfonamides is 1. The summed E-state index contributed by atoms with van der Waals surface area (Å²) in [7, 11) is -2.08. The summed E-state index contributed by atoms with van der Waals surface area (Å²) in [6.07, 6.45) is 3.22. The molecule has 0 aliphatic rings. The first-order valence-corrected chi connectivity index (χ1v) is 7.62. The molecule has 0 spiro atoms. The highest BCUT2D eigenvalue weighted by molar-refractivity contribution is 7.89. The number of aromatic nitrogens is 2. The van der Waals surface area contributed by atoms with Crippen LogP contribution in [0.5, 0.6) is 0 Å². The molecule has 6 nitrogen and oxygen atoms in total. The van der Waals surface area contributed by atoms with Gasteiger partial charge in [-0.1, -0.05) is 11.8 Å². The molecule has 0 saturated heterocycles. The summed E-state index contributed by atoms with van der Waals surface area (Å²) in [4.78, 5) is 7.06. The SMILES string of the molecule is CN(Cc1ncc[nH]1)S(=O)(=O)c1ccc(C#CCO)cc1. The zero-order chi connectivity index (χ0) is 15.3. The third-order valence-corrected chi connectivity index (χ3v) is 4.62. The average molecular weight is 305 g/mol. The topological polar surface area (TPSA) is 86.3 Å². The van der Waals surface area contributed by atoms with Crippen molar-refractivity contribution in [3.05, 3.63) is 48.0 Å². The van der Waals surface area contributed by atoms with Crippen molar-refractivity contribution in [1.82, 2.24) is 14.3 Å². The molecule has 0 radical (unpaired) electrons. The molecule has 0 atom stereocenters. The lowest BCUT2D eigenvalue weighted by atomic mass is 10.2. The predicted molar refractivity (Wildman–Crippen MR) is 77.6 cm³/mol. The van der Waals surface area contributed by atoms with Gasteiger partial charge in [-0.25, -0.2) is 13.4 Å². The molecule has 1 heterocycles. The van der Waals surface area contributed by atoms with E-state index in [-0.39, 0.29) is 18.0 Å². The molecule has 1 aromatic carbocycles. The second-order valence-electron chi connectivity index (χ2n) is 4.28. The van der Waals surface area contributed by atoms with Gasteiger partial charge in [0.25, 0.3) is 0 Å². The van der Waals surface area contributed by atoms with Crippen LogP contribution in [-0.4, -0.2) is 41.5 Å². The summed E-state index contributed by atoms with van der Waals surface area (Å²) >= 11 is 0. The van der Waals surface area contributed by atoms with Gasteiger partial charge in [0.15, 0.2) is 0 Å². The van der Waals surface area contributed by atoms with Gasteiger partial charge in [0, 0.05) is 25.0 Å². The van der Waals surface area contributed by atoms with Gasteiger partial charge in [-0.15, -0.1) is 0 Å². The third kappa shape index (κ3) is 3.70. The molecule has 1 aromatic heterocycles. The van der Waals surface area contributed by atoms with Crippen molar-refractivity contribution < 1.29 is 13.5 Å². The van der Waals surface area contributed by atoms with Crippen molar-refractivity contribution in [1.29, 1.82) is 0 Å². The Balaban J connectivity index is 2.18. The zero-order valence-corrected chi connectivity index (χ0v) is 12.3. The van der Waals surface area contributed by atoms with Gasteiger partial charge in [0.2, 0.25) is 10.0 Å². The summed E-state index contributed by atoms with van der Waals surface area (Å²) < 4.78 is 26.0. The molecule has 7 heteroatoms. The number of aromatic amines is 1. The van der Waals surface area contributed by atoms with Gasteiger partial charge in [0.1, 0.15) is 12.4 Å². The molecule has 0 aliphatic heterocycles. The number of imidazole rings is 1. The van der Waals surface area contributed by atoms with Crippen LogP contribution in [0.3, 0.4) is 0 Å². The number of nitrogens with one attached hydrogen (secondary N) is 1. The van der Waals surface area contributed by atoms with Crippen LogP contribution in [0.2, 0.25) is 0 Å². The standard InChI is InChI=1S/C14H15N3O3S/c1-17(11-14-15-8-9-16-14)21(19,20)13-6-4-12(5-7-13)3-2-10-18/h4-9,18H,10-11H2,1H3,(H,15,16). The molecule has 0 bridgehead atoms. The van der Waals surface area contributed by atoms with E-state index in [1.165, 1.54) is 23.5 Å². The Morgan fingerprint density at radius 3 is 2.62 bits per heavy atom. The quantitative estimate of drug-likeness (QED) is 0.809. The van der Waals surface area contributed by atoms with E-state index < -0.39 is 10.0 Å². The van der Waals surface area contributed by atoms with E-state index in [1.807, 2.05) is 0 Å². The van der Waals surface area contributed by atoms with Crippen LogP contribution in [-0.2, 0) is 16.6 Å². The second kappa shape index (κ2) is 6.54. The van der Waals surface area contributed by atoms with Crippen molar-refractivity contribution >= 4 is 10.0 Å². The van der Waals surface area contributed by atoms with Crippen LogP contribution in [0.25, 0.3) is 0 Å². The number of aliphatic hydroxyl groups is 1. The fourth-order valence-corrected chi connectivity index (χ4v) is 2.84. The largest absolute Gasteiger partial charge is 0.384 e. The lowest BCUT2D eigenvalue weighted by molar-refractivity contribution is 0.350. The molecule has 0 aliphatic carbocycles. The molecule has 2 rings (SSSR count). The molecule has 21 heavy (non-hydrogen) atoms. The normalized spacial score (nSPS) is 11.2. The highest BCUT2D eigenvalue weighted by atomic mass is 32.2. The predicted octanol–water partition coefficient (Wildman–Crippen LogP) is 0.574. The van der Waals surface area contributed by atoms with Crippen molar-refractivity contribution in [3.8, 4) is 11.8 Å². The fourth-order valence-electron chi connectivity index (χ4n) is 1.71. The molecule has 0 fully saturated rings. The molecule has 2 aromatic rings. The van der Waals surface area contributed by atoms with Gasteiger partial charge in [0.05, 0.1) is 11.4 Å². The number of hydrogen-bond acceptors (Lipinski definition) is 4. The minimum Gasteiger partial charge on any atom is -0.384 e. The summed E-state index contributed by atoms with van der Waals surface area (Å²) in [5.74, 6) is 5.80. The Morgan fingerprint density at radius 1 is 1.33 bits per heavy atom. The molecule has 0 saturated carbocycles. The minimum atomic E-state index is -3.58. The van der Waals surface area contributed by atoms with E-state index in [2.05, 4.69) is 21.8 Å². The summed E-state index contributed by atoms with van der Waals surface area (Å²) in [5, 5.41) is 8.62. The van der Waals surface area contributed by atoms with E-state index in [4.69, 9.17) is 5.11 Å². The zero-order valence-electron chi connectivity index (χ0n) is 11.4. The summed E-state index contributed by atoms with van der Waals surface area (Å²) in [5.41, 5.74) is 0.650. The monoisotopic (exact) mass is 305 g/mol. The lowest BCUT2D eigenvalue weighted by Gasteiger charge is -2.15. The fraction of sp³-hybridized carbons (Fsp3) is 0.214. The second-order valence-corrected chi connectivity index (χ2v) is 6.33. The number of aliphatic hydroxyl groups excluding tert-OH is 1. The van der Waals surface area contributed by atoms with Gasteiger partial charge in [-0.3, -0.25) is 0 Å². The minimum absolute atomic E-state index is 0.168. The van der Waals surface area contributed by atoms with Crippen LogP contribution in [0.15, 0.2) is 41.6 Å². The Kier molecular flexibility index (Phi) is 4.75. The maximum atomic E-state index is 12.4. The lowest BCUT2D eigenvalue weighted by Crippen LogP contribution is -2.27. The van der Waals surface area contributed by atoms with E-state index in [0.29, 0.717) is 11.4 Å².